The average Bonchev–Trinajstić information content (AvgIpc) is 2.59. The van der Waals surface area contributed by atoms with Gasteiger partial charge in [-0.2, -0.15) is 0 Å². The fourth-order valence-electron chi connectivity index (χ4n) is 2.56. The number of hydrogen-bond acceptors (Lipinski definition) is 4. The molecular weight excluding hydrogens is 418 g/mol. The molecule has 132 valence electrons. The Balaban J connectivity index is 2.02. The van der Waals surface area contributed by atoms with Crippen LogP contribution in [0.1, 0.15) is 18.2 Å². The molecule has 26 heavy (non-hydrogen) atoms. The maximum absolute atomic E-state index is 11.3. The molecule has 3 rings (SSSR count). The summed E-state index contributed by atoms with van der Waals surface area (Å²) in [6.07, 6.45) is 3.72. The molecule has 1 aromatic heterocycles. The molecule has 0 spiro atoms. The highest BCUT2D eigenvalue weighted by molar-refractivity contribution is 9.10. The molecule has 0 aliphatic carbocycles. The molecule has 1 heterocycles. The standard InChI is InChI=1S/C20H15BrClNO3/c1-12(24)26-18-5-3-4-13-6-8-16(23-19(13)18)9-7-14-10-15(22)11-17(21)20(14)25-2/h3-11H,1-2H3/b9-7+. The Bertz CT molecular complexity index is 1020. The van der Waals surface area contributed by atoms with Crippen molar-refractivity contribution in [1.29, 1.82) is 0 Å². The predicted molar refractivity (Wildman–Crippen MR) is 108 cm³/mol. The molecule has 0 aliphatic heterocycles. The second-order valence-electron chi connectivity index (χ2n) is 5.50. The number of hydrogen-bond donors (Lipinski definition) is 0. The third kappa shape index (κ3) is 4.06. The smallest absolute Gasteiger partial charge is 0.308 e. The van der Waals surface area contributed by atoms with Crippen LogP contribution in [0, 0.1) is 0 Å². The molecular formula is C20H15BrClNO3. The zero-order valence-electron chi connectivity index (χ0n) is 14.1. The van der Waals surface area contributed by atoms with E-state index in [1.807, 2.05) is 42.5 Å². The van der Waals surface area contributed by atoms with E-state index in [0.29, 0.717) is 22.0 Å². The number of halogens is 2. The first-order valence-electron chi connectivity index (χ1n) is 7.77. The molecule has 0 N–H and O–H groups in total. The van der Waals surface area contributed by atoms with Gasteiger partial charge in [-0.3, -0.25) is 4.79 Å². The van der Waals surface area contributed by atoms with Crippen LogP contribution in [-0.2, 0) is 4.79 Å². The first-order valence-corrected chi connectivity index (χ1v) is 8.94. The van der Waals surface area contributed by atoms with Crippen LogP contribution in [0.4, 0.5) is 0 Å². The highest BCUT2D eigenvalue weighted by Crippen LogP contribution is 2.33. The quantitative estimate of drug-likeness (QED) is 0.389. The van der Waals surface area contributed by atoms with Gasteiger partial charge < -0.3 is 9.47 Å². The number of aromatic nitrogens is 1. The van der Waals surface area contributed by atoms with Crippen LogP contribution in [0.25, 0.3) is 23.1 Å². The second kappa shape index (κ2) is 7.89. The topological polar surface area (TPSA) is 48.4 Å². The summed E-state index contributed by atoms with van der Waals surface area (Å²) in [5.74, 6) is 0.745. The minimum atomic E-state index is -0.381. The molecule has 0 saturated carbocycles. The lowest BCUT2D eigenvalue weighted by atomic mass is 10.1. The first kappa shape index (κ1) is 18.4. The van der Waals surface area contributed by atoms with Gasteiger partial charge in [-0.25, -0.2) is 4.98 Å². The number of esters is 1. The van der Waals surface area contributed by atoms with Gasteiger partial charge in [-0.1, -0.05) is 29.8 Å². The highest BCUT2D eigenvalue weighted by atomic mass is 79.9. The van der Waals surface area contributed by atoms with Crippen molar-refractivity contribution in [3.05, 3.63) is 63.2 Å². The van der Waals surface area contributed by atoms with Crippen LogP contribution in [-0.4, -0.2) is 18.1 Å². The summed E-state index contributed by atoms with van der Waals surface area (Å²) in [6.45, 7) is 1.37. The number of pyridine rings is 1. The Morgan fingerprint density at radius 1 is 1.19 bits per heavy atom. The van der Waals surface area contributed by atoms with E-state index in [-0.39, 0.29) is 5.97 Å². The number of methoxy groups -OCH3 is 1. The van der Waals surface area contributed by atoms with Crippen molar-refractivity contribution in [2.45, 2.75) is 6.92 Å². The van der Waals surface area contributed by atoms with Gasteiger partial charge in [-0.15, -0.1) is 0 Å². The number of nitrogens with zero attached hydrogens (tertiary/aromatic N) is 1. The Kier molecular flexibility index (Phi) is 5.59. The number of ether oxygens (including phenoxy) is 2. The fraction of sp³-hybridized carbons (Fsp3) is 0.100. The summed E-state index contributed by atoms with van der Waals surface area (Å²) in [6, 6.07) is 12.9. The molecule has 2 aromatic carbocycles. The molecule has 0 radical (unpaired) electrons. The molecule has 4 nitrogen and oxygen atoms in total. The van der Waals surface area contributed by atoms with Gasteiger partial charge in [0.15, 0.2) is 5.75 Å². The Labute approximate surface area is 164 Å². The van der Waals surface area contributed by atoms with Gasteiger partial charge in [0.2, 0.25) is 0 Å². The van der Waals surface area contributed by atoms with Crippen molar-refractivity contribution in [3.8, 4) is 11.5 Å². The minimum Gasteiger partial charge on any atom is -0.495 e. The molecule has 0 unspecified atom stereocenters. The molecule has 6 heteroatoms. The second-order valence-corrected chi connectivity index (χ2v) is 6.79. The van der Waals surface area contributed by atoms with Crippen LogP contribution in [0.2, 0.25) is 5.02 Å². The van der Waals surface area contributed by atoms with Gasteiger partial charge in [0.1, 0.15) is 11.3 Å². The summed E-state index contributed by atoms with van der Waals surface area (Å²) >= 11 is 9.57. The zero-order valence-corrected chi connectivity index (χ0v) is 16.5. The van der Waals surface area contributed by atoms with E-state index in [9.17, 15) is 4.79 Å². The molecule has 0 saturated heterocycles. The molecule has 0 atom stereocenters. The van der Waals surface area contributed by atoms with E-state index in [0.717, 1.165) is 21.1 Å². The summed E-state index contributed by atoms with van der Waals surface area (Å²) in [4.78, 5) is 15.9. The first-order chi connectivity index (χ1) is 12.5. The SMILES string of the molecule is COc1c(Br)cc(Cl)cc1/C=C/c1ccc2cccc(OC(C)=O)c2n1. The van der Waals surface area contributed by atoms with Crippen LogP contribution >= 0.6 is 27.5 Å². The van der Waals surface area contributed by atoms with Crippen LogP contribution < -0.4 is 9.47 Å². The highest BCUT2D eigenvalue weighted by Gasteiger charge is 2.08. The normalized spacial score (nSPS) is 11.1. The monoisotopic (exact) mass is 431 g/mol. The third-order valence-electron chi connectivity index (χ3n) is 3.63. The largest absolute Gasteiger partial charge is 0.495 e. The number of fused-ring (bicyclic) bond motifs is 1. The Hall–Kier alpha value is -2.37. The van der Waals surface area contributed by atoms with Crippen molar-refractivity contribution < 1.29 is 14.3 Å². The lowest BCUT2D eigenvalue weighted by Crippen LogP contribution is -2.02. The van der Waals surface area contributed by atoms with Gasteiger partial charge in [0.25, 0.3) is 0 Å². The summed E-state index contributed by atoms with van der Waals surface area (Å²) in [7, 11) is 1.60. The lowest BCUT2D eigenvalue weighted by molar-refractivity contribution is -0.131. The van der Waals surface area contributed by atoms with E-state index in [1.165, 1.54) is 6.92 Å². The maximum atomic E-state index is 11.3. The summed E-state index contributed by atoms with van der Waals surface area (Å²) < 4.78 is 11.4. The maximum Gasteiger partial charge on any atom is 0.308 e. The number of para-hydroxylation sites is 1. The zero-order chi connectivity index (χ0) is 18.7. The van der Waals surface area contributed by atoms with E-state index >= 15 is 0 Å². The number of carbonyl (C=O) groups is 1. The fourth-order valence-corrected chi connectivity index (χ4v) is 3.56. The molecule has 0 fully saturated rings. The average molecular weight is 433 g/mol. The van der Waals surface area contributed by atoms with Gasteiger partial charge >= 0.3 is 5.97 Å². The van der Waals surface area contributed by atoms with Crippen molar-refractivity contribution >= 4 is 56.6 Å². The third-order valence-corrected chi connectivity index (χ3v) is 4.44. The summed E-state index contributed by atoms with van der Waals surface area (Å²) in [5.41, 5.74) is 2.17. The van der Waals surface area contributed by atoms with Crippen LogP contribution in [0.3, 0.4) is 0 Å². The van der Waals surface area contributed by atoms with Gasteiger partial charge in [-0.05, 0) is 52.3 Å². The van der Waals surface area contributed by atoms with E-state index in [1.54, 1.807) is 19.2 Å². The molecule has 0 amide bonds. The Morgan fingerprint density at radius 2 is 2.00 bits per heavy atom. The van der Waals surface area contributed by atoms with E-state index in [2.05, 4.69) is 20.9 Å². The summed E-state index contributed by atoms with van der Waals surface area (Å²) in [5, 5.41) is 1.49. The molecule has 3 aromatic rings. The molecule has 0 aliphatic rings. The number of carbonyl (C=O) groups excluding carboxylic acids is 1. The minimum absolute atomic E-state index is 0.381. The predicted octanol–water partition coefficient (Wildman–Crippen LogP) is 5.76. The van der Waals surface area contributed by atoms with E-state index in [4.69, 9.17) is 21.1 Å². The van der Waals surface area contributed by atoms with Gasteiger partial charge in [0.05, 0.1) is 17.3 Å². The van der Waals surface area contributed by atoms with Crippen LogP contribution in [0.15, 0.2) is 46.9 Å². The van der Waals surface area contributed by atoms with Crippen LogP contribution in [0.5, 0.6) is 11.5 Å². The van der Waals surface area contributed by atoms with Crippen molar-refractivity contribution in [3.63, 3.8) is 0 Å². The number of rotatable bonds is 4. The lowest BCUT2D eigenvalue weighted by Gasteiger charge is -2.08. The van der Waals surface area contributed by atoms with Crippen molar-refractivity contribution in [2.24, 2.45) is 0 Å². The van der Waals surface area contributed by atoms with Crippen molar-refractivity contribution in [2.75, 3.05) is 7.11 Å². The van der Waals surface area contributed by atoms with Crippen molar-refractivity contribution in [1.82, 2.24) is 4.98 Å². The van der Waals surface area contributed by atoms with Gasteiger partial charge in [0, 0.05) is 22.9 Å². The van der Waals surface area contributed by atoms with E-state index < -0.39 is 0 Å². The number of benzene rings is 2. The molecule has 0 bridgehead atoms. The Morgan fingerprint density at radius 3 is 2.73 bits per heavy atom.